The highest BCUT2D eigenvalue weighted by molar-refractivity contribution is 6.30. The molecule has 4 rings (SSSR count). The van der Waals surface area contributed by atoms with E-state index in [-0.39, 0.29) is 0 Å². The fourth-order valence-electron chi connectivity index (χ4n) is 2.73. The number of rotatable bonds is 2. The van der Waals surface area contributed by atoms with Gasteiger partial charge in [-0.05, 0) is 30.3 Å². The minimum atomic E-state index is 0.745. The number of fused-ring (bicyclic) bond motifs is 1. The molecule has 0 aliphatic rings. The molecule has 0 atom stereocenters. The molecule has 0 bridgehead atoms. The highest BCUT2D eigenvalue weighted by Gasteiger charge is 2.20. The Labute approximate surface area is 133 Å². The third-order valence-corrected chi connectivity index (χ3v) is 4.01. The molecule has 2 nitrogen and oxygen atoms in total. The maximum Gasteiger partial charge on any atom is 0.291 e. The predicted octanol–water partition coefficient (Wildman–Crippen LogP) is 4.54. The normalized spacial score (nSPS) is 11.0. The second-order valence-electron chi connectivity index (χ2n) is 5.16. The van der Waals surface area contributed by atoms with Crippen LogP contribution in [-0.2, 0) is 0 Å². The van der Waals surface area contributed by atoms with Gasteiger partial charge >= 0.3 is 0 Å². The number of nitrogens with zero attached hydrogens (tertiary/aromatic N) is 2. The first-order valence-corrected chi connectivity index (χ1v) is 7.54. The lowest BCUT2D eigenvalue weighted by molar-refractivity contribution is -0.510. The van der Waals surface area contributed by atoms with E-state index in [0.717, 1.165) is 22.1 Å². The van der Waals surface area contributed by atoms with Crippen molar-refractivity contribution in [3.63, 3.8) is 0 Å². The van der Waals surface area contributed by atoms with E-state index >= 15 is 0 Å². The molecule has 0 radical (unpaired) electrons. The van der Waals surface area contributed by atoms with Crippen molar-refractivity contribution in [2.75, 3.05) is 0 Å². The maximum absolute atomic E-state index is 6.03. The van der Waals surface area contributed by atoms with Crippen LogP contribution in [0, 0.1) is 0 Å². The lowest BCUT2D eigenvalue weighted by Gasteiger charge is -2.03. The number of pyridine rings is 1. The van der Waals surface area contributed by atoms with E-state index in [9.17, 15) is 0 Å². The van der Waals surface area contributed by atoms with Crippen LogP contribution in [0.1, 0.15) is 0 Å². The van der Waals surface area contributed by atoms with Gasteiger partial charge in [0.25, 0.3) is 5.65 Å². The number of aromatic nitrogens is 2. The van der Waals surface area contributed by atoms with Gasteiger partial charge in [-0.2, -0.15) is 4.57 Å². The van der Waals surface area contributed by atoms with Crippen molar-refractivity contribution in [2.45, 2.75) is 0 Å². The molecule has 0 saturated carbocycles. The zero-order valence-corrected chi connectivity index (χ0v) is 12.6. The number of benzene rings is 2. The Hall–Kier alpha value is -2.58. The summed E-state index contributed by atoms with van der Waals surface area (Å²) in [4.78, 5) is 0. The molecule has 106 valence electrons. The van der Waals surface area contributed by atoms with Crippen LogP contribution in [-0.4, -0.2) is 4.57 Å². The summed E-state index contributed by atoms with van der Waals surface area (Å²) in [6.07, 6.45) is 4.22. The van der Waals surface area contributed by atoms with Crippen molar-refractivity contribution in [2.24, 2.45) is 0 Å². The number of hydrogen-bond acceptors (Lipinski definition) is 0. The Bertz CT molecular complexity index is 925. The topological polar surface area (TPSA) is 9.03 Å². The SMILES string of the molecule is Clc1ccc(-n2c(-c3ccccc3)c[n+]3ccccc23)cc1. The van der Waals surface area contributed by atoms with E-state index in [1.807, 2.05) is 36.4 Å². The molecule has 2 aromatic heterocycles. The second kappa shape index (κ2) is 5.32. The molecule has 0 N–H and O–H groups in total. The van der Waals surface area contributed by atoms with Gasteiger partial charge in [-0.25, -0.2) is 4.40 Å². The Balaban J connectivity index is 2.04. The lowest BCUT2D eigenvalue weighted by atomic mass is 10.1. The molecule has 0 fully saturated rings. The summed E-state index contributed by atoms with van der Waals surface area (Å²) < 4.78 is 4.38. The molecule has 22 heavy (non-hydrogen) atoms. The first kappa shape index (κ1) is 13.1. The van der Waals surface area contributed by atoms with Gasteiger partial charge in [0.15, 0.2) is 5.69 Å². The summed E-state index contributed by atoms with van der Waals surface area (Å²) in [5.74, 6) is 0. The fourth-order valence-corrected chi connectivity index (χ4v) is 2.86. The van der Waals surface area contributed by atoms with Crippen LogP contribution in [0.5, 0.6) is 0 Å². The largest absolute Gasteiger partial charge is 0.291 e. The minimum absolute atomic E-state index is 0.745. The van der Waals surface area contributed by atoms with Crippen LogP contribution in [0.15, 0.2) is 85.2 Å². The average Bonchev–Trinajstić information content (AvgIpc) is 2.96. The molecular weight excluding hydrogens is 292 g/mol. The minimum Gasteiger partial charge on any atom is -0.202 e. The smallest absolute Gasteiger partial charge is 0.202 e. The van der Waals surface area contributed by atoms with Gasteiger partial charge in [-0.3, -0.25) is 0 Å². The quantitative estimate of drug-likeness (QED) is 0.481. The van der Waals surface area contributed by atoms with Gasteiger partial charge in [0, 0.05) is 16.7 Å². The highest BCUT2D eigenvalue weighted by Crippen LogP contribution is 2.25. The van der Waals surface area contributed by atoms with Gasteiger partial charge in [0.2, 0.25) is 0 Å². The standard InChI is InChI=1S/C19H14ClN2/c20-16-9-11-17(12-10-16)22-18(15-6-2-1-3-7-15)14-21-13-5-4-8-19(21)22/h1-14H/q+1. The third kappa shape index (κ3) is 2.18. The van der Waals surface area contributed by atoms with E-state index < -0.39 is 0 Å². The van der Waals surface area contributed by atoms with Crippen LogP contribution in [0.3, 0.4) is 0 Å². The highest BCUT2D eigenvalue weighted by atomic mass is 35.5. The van der Waals surface area contributed by atoms with E-state index in [1.54, 1.807) is 0 Å². The Morgan fingerprint density at radius 1 is 0.773 bits per heavy atom. The van der Waals surface area contributed by atoms with Gasteiger partial charge < -0.3 is 0 Å². The molecule has 3 heteroatoms. The zero-order valence-electron chi connectivity index (χ0n) is 11.9. The second-order valence-corrected chi connectivity index (χ2v) is 5.59. The van der Waals surface area contributed by atoms with Crippen molar-refractivity contribution in [3.8, 4) is 16.9 Å². The average molecular weight is 306 g/mol. The molecule has 0 aliphatic carbocycles. The molecule has 0 amide bonds. The molecular formula is C19H14ClN2+. The van der Waals surface area contributed by atoms with Crippen molar-refractivity contribution >= 4 is 17.2 Å². The summed E-state index contributed by atoms with van der Waals surface area (Å²) in [6, 6.07) is 24.5. The third-order valence-electron chi connectivity index (χ3n) is 3.75. The van der Waals surface area contributed by atoms with Crippen LogP contribution >= 0.6 is 11.6 Å². The zero-order chi connectivity index (χ0) is 14.9. The summed E-state index contributed by atoms with van der Waals surface area (Å²) >= 11 is 6.03. The van der Waals surface area contributed by atoms with Gasteiger partial charge in [0.05, 0.1) is 6.20 Å². The summed E-state index contributed by atoms with van der Waals surface area (Å²) in [6.45, 7) is 0. The predicted molar refractivity (Wildman–Crippen MR) is 89.4 cm³/mol. The maximum atomic E-state index is 6.03. The molecule has 2 heterocycles. The van der Waals surface area contributed by atoms with Crippen molar-refractivity contribution in [1.29, 1.82) is 0 Å². The monoisotopic (exact) mass is 305 g/mol. The van der Waals surface area contributed by atoms with Crippen molar-refractivity contribution < 1.29 is 4.40 Å². The van der Waals surface area contributed by atoms with Gasteiger partial charge in [-0.15, -0.1) is 0 Å². The molecule has 2 aromatic carbocycles. The van der Waals surface area contributed by atoms with Crippen molar-refractivity contribution in [1.82, 2.24) is 4.57 Å². The van der Waals surface area contributed by atoms with Gasteiger partial charge in [-0.1, -0.05) is 48.0 Å². The number of halogens is 1. The lowest BCUT2D eigenvalue weighted by Crippen LogP contribution is -2.17. The summed E-state index contributed by atoms with van der Waals surface area (Å²) in [5.41, 5.74) is 4.54. The summed E-state index contributed by atoms with van der Waals surface area (Å²) in [7, 11) is 0. The van der Waals surface area contributed by atoms with Crippen LogP contribution in [0.25, 0.3) is 22.6 Å². The van der Waals surface area contributed by atoms with Crippen LogP contribution in [0.2, 0.25) is 5.02 Å². The fraction of sp³-hybridized carbons (Fsp3) is 0. The van der Waals surface area contributed by atoms with Crippen LogP contribution < -0.4 is 4.40 Å². The summed E-state index contributed by atoms with van der Waals surface area (Å²) in [5, 5.41) is 0.745. The van der Waals surface area contributed by atoms with Gasteiger partial charge in [0.1, 0.15) is 11.9 Å². The number of hydrogen-bond donors (Lipinski definition) is 0. The molecule has 0 unspecified atom stereocenters. The molecule has 0 saturated heterocycles. The van der Waals surface area contributed by atoms with Crippen LogP contribution in [0.4, 0.5) is 0 Å². The van der Waals surface area contributed by atoms with E-state index in [1.165, 1.54) is 5.56 Å². The Morgan fingerprint density at radius 2 is 1.50 bits per heavy atom. The molecule has 4 aromatic rings. The first-order valence-electron chi connectivity index (χ1n) is 7.16. The Kier molecular flexibility index (Phi) is 3.17. The molecule has 0 spiro atoms. The van der Waals surface area contributed by atoms with E-state index in [2.05, 4.69) is 57.8 Å². The Morgan fingerprint density at radius 3 is 2.27 bits per heavy atom. The van der Waals surface area contributed by atoms with E-state index in [4.69, 9.17) is 11.6 Å². The molecule has 0 aliphatic heterocycles. The van der Waals surface area contributed by atoms with E-state index in [0.29, 0.717) is 0 Å². The first-order chi connectivity index (χ1) is 10.8. The van der Waals surface area contributed by atoms with Crippen molar-refractivity contribution in [3.05, 3.63) is 90.2 Å². The number of imidazole rings is 1.